The van der Waals surface area contributed by atoms with Gasteiger partial charge in [0.1, 0.15) is 22.1 Å². The van der Waals surface area contributed by atoms with Crippen molar-refractivity contribution in [3.63, 3.8) is 0 Å². The second-order valence-corrected chi connectivity index (χ2v) is 5.04. The predicted molar refractivity (Wildman–Crippen MR) is 81.7 cm³/mol. The van der Waals surface area contributed by atoms with Crippen LogP contribution in [0.4, 0.5) is 5.69 Å². The number of rotatable bonds is 4. The molecule has 4 nitrogen and oxygen atoms in total. The lowest BCUT2D eigenvalue weighted by Gasteiger charge is -2.08. The maximum Gasteiger partial charge on any atom is 0.141 e. The van der Waals surface area contributed by atoms with E-state index in [0.29, 0.717) is 12.3 Å². The molecule has 0 aliphatic heterocycles. The molecule has 2 heterocycles. The summed E-state index contributed by atoms with van der Waals surface area (Å²) in [6, 6.07) is 9.34. The van der Waals surface area contributed by atoms with E-state index >= 15 is 0 Å². The Morgan fingerprint density at radius 2 is 1.90 bits per heavy atom. The maximum atomic E-state index is 5.96. The van der Waals surface area contributed by atoms with Crippen LogP contribution in [0.25, 0.3) is 10.2 Å². The highest BCUT2D eigenvalue weighted by Gasteiger charge is 2.09. The number of benzene rings is 1. The molecule has 0 amide bonds. The highest BCUT2D eigenvalue weighted by molar-refractivity contribution is 7.17. The molecular formula is C15H14N2O2S. The Labute approximate surface area is 120 Å². The van der Waals surface area contributed by atoms with Crippen molar-refractivity contribution in [3.8, 4) is 17.2 Å². The zero-order chi connectivity index (χ0) is 13.9. The van der Waals surface area contributed by atoms with Gasteiger partial charge in [0.05, 0.1) is 17.7 Å². The summed E-state index contributed by atoms with van der Waals surface area (Å²) in [5.41, 5.74) is 6.66. The first-order valence-corrected chi connectivity index (χ1v) is 7.18. The van der Waals surface area contributed by atoms with E-state index in [2.05, 4.69) is 4.98 Å². The van der Waals surface area contributed by atoms with E-state index in [-0.39, 0.29) is 0 Å². The Balaban J connectivity index is 1.91. The van der Waals surface area contributed by atoms with E-state index in [9.17, 15) is 0 Å². The van der Waals surface area contributed by atoms with Crippen LogP contribution in [0.15, 0.2) is 41.9 Å². The zero-order valence-corrected chi connectivity index (χ0v) is 11.8. The predicted octanol–water partition coefficient (Wildman–Crippen LogP) is 4.07. The van der Waals surface area contributed by atoms with E-state index in [0.717, 1.165) is 27.5 Å². The van der Waals surface area contributed by atoms with Crippen molar-refractivity contribution in [1.29, 1.82) is 0 Å². The second-order valence-electron chi connectivity index (χ2n) is 4.19. The number of hydrogen-bond acceptors (Lipinski definition) is 5. The summed E-state index contributed by atoms with van der Waals surface area (Å²) in [4.78, 5) is 5.16. The fourth-order valence-corrected chi connectivity index (χ4v) is 2.76. The van der Waals surface area contributed by atoms with Crippen LogP contribution in [0, 0.1) is 0 Å². The van der Waals surface area contributed by atoms with E-state index in [1.54, 1.807) is 6.20 Å². The Hall–Kier alpha value is -2.27. The minimum absolute atomic E-state index is 0.649. The monoisotopic (exact) mass is 286 g/mol. The summed E-state index contributed by atoms with van der Waals surface area (Å²) in [5.74, 6) is 2.29. The number of nitrogens with two attached hydrogens (primary N) is 1. The van der Waals surface area contributed by atoms with Gasteiger partial charge < -0.3 is 15.2 Å². The molecule has 0 fully saturated rings. The highest BCUT2D eigenvalue weighted by Crippen LogP contribution is 2.36. The van der Waals surface area contributed by atoms with Crippen LogP contribution in [-0.2, 0) is 0 Å². The van der Waals surface area contributed by atoms with Crippen LogP contribution in [0.1, 0.15) is 6.92 Å². The van der Waals surface area contributed by atoms with Crippen molar-refractivity contribution in [2.45, 2.75) is 6.92 Å². The first-order valence-electron chi connectivity index (χ1n) is 6.30. The summed E-state index contributed by atoms with van der Waals surface area (Å²) >= 11 is 1.51. The molecule has 3 rings (SSSR count). The van der Waals surface area contributed by atoms with Gasteiger partial charge in [-0.3, -0.25) is 0 Å². The van der Waals surface area contributed by atoms with Gasteiger partial charge in [-0.2, -0.15) is 0 Å². The number of fused-ring (bicyclic) bond motifs is 1. The number of hydrogen-bond donors (Lipinski definition) is 1. The average molecular weight is 286 g/mol. The van der Waals surface area contributed by atoms with Gasteiger partial charge in [0.2, 0.25) is 0 Å². The lowest BCUT2D eigenvalue weighted by molar-refractivity contribution is 0.339. The molecule has 0 aliphatic rings. The van der Waals surface area contributed by atoms with Crippen molar-refractivity contribution in [2.75, 3.05) is 12.3 Å². The molecular weight excluding hydrogens is 272 g/mol. The van der Waals surface area contributed by atoms with Crippen LogP contribution >= 0.6 is 11.3 Å². The number of pyridine rings is 1. The lowest BCUT2D eigenvalue weighted by Crippen LogP contribution is -1.92. The third-order valence-corrected chi connectivity index (χ3v) is 3.73. The maximum absolute atomic E-state index is 5.96. The largest absolute Gasteiger partial charge is 0.494 e. The minimum Gasteiger partial charge on any atom is -0.494 e. The molecule has 0 aliphatic carbocycles. The summed E-state index contributed by atoms with van der Waals surface area (Å²) in [5, 5.41) is 2.74. The van der Waals surface area contributed by atoms with Gasteiger partial charge in [-0.25, -0.2) is 4.98 Å². The normalized spacial score (nSPS) is 10.7. The quantitative estimate of drug-likeness (QED) is 0.785. The standard InChI is InChI=1S/C15H14N2O2S/c1-2-18-10-3-5-11(6-4-10)19-13-7-8-17-15-14(13)12(16)9-20-15/h3-9H,2,16H2,1H3. The Bertz CT molecular complexity index is 722. The van der Waals surface area contributed by atoms with Crippen LogP contribution in [0.2, 0.25) is 0 Å². The number of ether oxygens (including phenoxy) is 2. The van der Waals surface area contributed by atoms with Gasteiger partial charge >= 0.3 is 0 Å². The van der Waals surface area contributed by atoms with E-state index in [1.165, 1.54) is 11.3 Å². The molecule has 3 aromatic rings. The minimum atomic E-state index is 0.649. The molecule has 0 saturated carbocycles. The fraction of sp³-hybridized carbons (Fsp3) is 0.133. The number of thiophene rings is 1. The molecule has 0 bridgehead atoms. The molecule has 0 radical (unpaired) electrons. The molecule has 1 aromatic carbocycles. The van der Waals surface area contributed by atoms with Crippen molar-refractivity contribution in [3.05, 3.63) is 41.9 Å². The van der Waals surface area contributed by atoms with Crippen molar-refractivity contribution < 1.29 is 9.47 Å². The van der Waals surface area contributed by atoms with Gasteiger partial charge in [0.25, 0.3) is 0 Å². The summed E-state index contributed by atoms with van der Waals surface area (Å²) in [6.07, 6.45) is 1.72. The highest BCUT2D eigenvalue weighted by atomic mass is 32.1. The lowest BCUT2D eigenvalue weighted by atomic mass is 10.3. The average Bonchev–Trinajstić information content (AvgIpc) is 2.84. The van der Waals surface area contributed by atoms with Gasteiger partial charge in [-0.05, 0) is 37.3 Å². The first kappa shape index (κ1) is 12.7. The number of anilines is 1. The third kappa shape index (κ3) is 2.40. The third-order valence-electron chi connectivity index (χ3n) is 2.83. The number of nitrogens with zero attached hydrogens (tertiary/aromatic N) is 1. The van der Waals surface area contributed by atoms with E-state index in [1.807, 2.05) is 42.6 Å². The molecule has 0 atom stereocenters. The van der Waals surface area contributed by atoms with Gasteiger partial charge in [-0.1, -0.05) is 0 Å². The first-order chi connectivity index (χ1) is 9.78. The van der Waals surface area contributed by atoms with Crippen LogP contribution in [-0.4, -0.2) is 11.6 Å². The second kappa shape index (κ2) is 5.38. The van der Waals surface area contributed by atoms with Crippen LogP contribution in [0.3, 0.4) is 0 Å². The molecule has 2 aromatic heterocycles. The molecule has 20 heavy (non-hydrogen) atoms. The fourth-order valence-electron chi connectivity index (χ4n) is 1.94. The van der Waals surface area contributed by atoms with Gasteiger partial charge in [0, 0.05) is 11.6 Å². The van der Waals surface area contributed by atoms with Crippen molar-refractivity contribution in [1.82, 2.24) is 4.98 Å². The summed E-state index contributed by atoms with van der Waals surface area (Å²) in [7, 11) is 0. The van der Waals surface area contributed by atoms with Crippen molar-refractivity contribution >= 4 is 27.2 Å². The van der Waals surface area contributed by atoms with Crippen LogP contribution in [0.5, 0.6) is 17.2 Å². The molecule has 102 valence electrons. The SMILES string of the molecule is CCOc1ccc(Oc2ccnc3scc(N)c23)cc1. The van der Waals surface area contributed by atoms with E-state index < -0.39 is 0 Å². The Morgan fingerprint density at radius 3 is 2.65 bits per heavy atom. The molecule has 0 saturated heterocycles. The smallest absolute Gasteiger partial charge is 0.141 e. The molecule has 0 spiro atoms. The van der Waals surface area contributed by atoms with Crippen molar-refractivity contribution in [2.24, 2.45) is 0 Å². The topological polar surface area (TPSA) is 57.4 Å². The Kier molecular flexibility index (Phi) is 3.43. The summed E-state index contributed by atoms with van der Waals surface area (Å²) in [6.45, 7) is 2.61. The summed E-state index contributed by atoms with van der Waals surface area (Å²) < 4.78 is 11.3. The number of nitrogen functional groups attached to an aromatic ring is 1. The van der Waals surface area contributed by atoms with Gasteiger partial charge in [0.15, 0.2) is 0 Å². The Morgan fingerprint density at radius 1 is 1.15 bits per heavy atom. The van der Waals surface area contributed by atoms with E-state index in [4.69, 9.17) is 15.2 Å². The number of aromatic nitrogens is 1. The molecule has 0 unspecified atom stereocenters. The zero-order valence-electron chi connectivity index (χ0n) is 11.0. The molecule has 2 N–H and O–H groups in total. The molecule has 5 heteroatoms. The van der Waals surface area contributed by atoms with Gasteiger partial charge in [-0.15, -0.1) is 11.3 Å². The van der Waals surface area contributed by atoms with Crippen LogP contribution < -0.4 is 15.2 Å².